The lowest BCUT2D eigenvalue weighted by atomic mass is 9.90. The van der Waals surface area contributed by atoms with Gasteiger partial charge in [0, 0.05) is 37.0 Å². The highest BCUT2D eigenvalue weighted by Crippen LogP contribution is 2.36. The van der Waals surface area contributed by atoms with Crippen molar-refractivity contribution in [2.45, 2.75) is 25.6 Å². The summed E-state index contributed by atoms with van der Waals surface area (Å²) in [5.74, 6) is 0.909. The van der Waals surface area contributed by atoms with Gasteiger partial charge in [-0.3, -0.25) is 9.91 Å². The number of allylic oxidation sites excluding steroid dienone is 1. The van der Waals surface area contributed by atoms with Crippen molar-refractivity contribution < 1.29 is 13.2 Å². The average Bonchev–Trinajstić information content (AvgIpc) is 3.26. The largest absolute Gasteiger partial charge is 0.417 e. The second-order valence-corrected chi connectivity index (χ2v) is 7.92. The normalized spacial score (nSPS) is 19.0. The Morgan fingerprint density at radius 2 is 2.06 bits per heavy atom. The Balaban J connectivity index is 1.47. The maximum absolute atomic E-state index is 13.2. The van der Waals surface area contributed by atoms with E-state index in [1.807, 2.05) is 12.3 Å². The molecule has 4 rings (SSSR count). The molecule has 0 saturated carbocycles. The minimum atomic E-state index is -4.55. The predicted molar refractivity (Wildman–Crippen MR) is 115 cm³/mol. The highest BCUT2D eigenvalue weighted by atomic mass is 19.4. The summed E-state index contributed by atoms with van der Waals surface area (Å²) >= 11 is 0. The molecule has 1 saturated heterocycles. The number of likely N-dealkylation sites (tertiary alicyclic amines) is 1. The van der Waals surface area contributed by atoms with Crippen molar-refractivity contribution >= 4 is 17.9 Å². The van der Waals surface area contributed by atoms with E-state index in [2.05, 4.69) is 20.3 Å². The molecular weight excluding hydrogens is 419 g/mol. The van der Waals surface area contributed by atoms with Gasteiger partial charge in [-0.25, -0.2) is 10.4 Å². The molecule has 7 nitrogen and oxygen atoms in total. The number of hydrazine groups is 1. The van der Waals surface area contributed by atoms with Crippen LogP contribution in [0.2, 0.25) is 0 Å². The number of hydrogen-bond donors (Lipinski definition) is 3. The summed E-state index contributed by atoms with van der Waals surface area (Å²) in [7, 11) is 1.80. The lowest BCUT2D eigenvalue weighted by Crippen LogP contribution is -2.39. The van der Waals surface area contributed by atoms with Crippen molar-refractivity contribution in [2.24, 2.45) is 16.6 Å². The first-order valence-corrected chi connectivity index (χ1v) is 10.3. The molecular formula is C22H24F3N7. The quantitative estimate of drug-likeness (QED) is 0.672. The van der Waals surface area contributed by atoms with Gasteiger partial charge in [0.1, 0.15) is 12.2 Å². The minimum Gasteiger partial charge on any atom is -0.400 e. The summed E-state index contributed by atoms with van der Waals surface area (Å²) in [5, 5.41) is 10.8. The molecule has 3 heterocycles. The van der Waals surface area contributed by atoms with Crippen molar-refractivity contribution in [3.63, 3.8) is 0 Å². The van der Waals surface area contributed by atoms with Gasteiger partial charge in [-0.05, 0) is 49.7 Å². The van der Waals surface area contributed by atoms with Crippen LogP contribution in [0.3, 0.4) is 0 Å². The molecule has 0 spiro atoms. The van der Waals surface area contributed by atoms with Gasteiger partial charge in [0.15, 0.2) is 0 Å². The summed E-state index contributed by atoms with van der Waals surface area (Å²) < 4.78 is 39.7. The highest BCUT2D eigenvalue weighted by molar-refractivity contribution is 5.86. The summed E-state index contributed by atoms with van der Waals surface area (Å²) in [5.41, 5.74) is 11.6. The van der Waals surface area contributed by atoms with E-state index < -0.39 is 11.7 Å². The van der Waals surface area contributed by atoms with Crippen molar-refractivity contribution in [2.75, 3.05) is 20.1 Å². The number of rotatable bonds is 4. The highest BCUT2D eigenvalue weighted by Gasteiger charge is 2.34. The molecule has 0 aliphatic carbocycles. The van der Waals surface area contributed by atoms with Gasteiger partial charge in [-0.15, -0.1) is 0 Å². The monoisotopic (exact) mass is 443 g/mol. The third kappa shape index (κ3) is 4.22. The van der Waals surface area contributed by atoms with Crippen LogP contribution in [-0.2, 0) is 12.7 Å². The number of benzene rings is 1. The molecule has 2 aromatic rings. The molecule has 0 atom stereocenters. The van der Waals surface area contributed by atoms with Crippen LogP contribution >= 0.6 is 0 Å². The zero-order chi connectivity index (χ0) is 22.9. The minimum absolute atomic E-state index is 0.151. The fraction of sp³-hybridized carbons (Fsp3) is 0.364. The number of hydrogen-bond acceptors (Lipinski definition) is 6. The molecule has 1 aromatic heterocycles. The van der Waals surface area contributed by atoms with Gasteiger partial charge in [0.05, 0.1) is 22.9 Å². The standard InChI is InChI=1S/C22H24F3N7/c1-28-32-13-30-21-17(4-7-29-21)20(32)19(27)15-5-8-31(9-6-15)12-14-2-3-16(11-26)18(10-14)22(23,24)25/h2-4,7,10,13,15,28-29H,5-6,8-9,12,27H2,1H3/b20-19-. The number of aromatic nitrogens is 1. The summed E-state index contributed by atoms with van der Waals surface area (Å²) in [4.78, 5) is 9.58. The van der Waals surface area contributed by atoms with E-state index >= 15 is 0 Å². The molecule has 168 valence electrons. The summed E-state index contributed by atoms with van der Waals surface area (Å²) in [6.45, 7) is 1.83. The molecule has 32 heavy (non-hydrogen) atoms. The van der Waals surface area contributed by atoms with E-state index in [1.54, 1.807) is 30.5 Å². The molecule has 0 radical (unpaired) electrons. The van der Waals surface area contributed by atoms with E-state index in [1.165, 1.54) is 6.07 Å². The Bertz CT molecular complexity index is 1090. The summed E-state index contributed by atoms with van der Waals surface area (Å²) in [6.07, 6.45) is 0.551. The lowest BCUT2D eigenvalue weighted by molar-refractivity contribution is -0.137. The summed E-state index contributed by atoms with van der Waals surface area (Å²) in [6, 6.07) is 7.49. The van der Waals surface area contributed by atoms with Crippen LogP contribution in [0, 0.1) is 17.2 Å². The zero-order valence-corrected chi connectivity index (χ0v) is 17.6. The van der Waals surface area contributed by atoms with Gasteiger partial charge < -0.3 is 10.7 Å². The van der Waals surface area contributed by atoms with E-state index in [9.17, 15) is 13.2 Å². The molecule has 0 bridgehead atoms. The number of nitrogens with one attached hydrogen (secondary N) is 2. The Morgan fingerprint density at radius 1 is 1.31 bits per heavy atom. The first-order valence-electron chi connectivity index (χ1n) is 10.3. The molecule has 2 aliphatic rings. The number of H-pyrrole nitrogens is 1. The second kappa shape index (κ2) is 8.68. The molecule has 1 aromatic carbocycles. The zero-order valence-electron chi connectivity index (χ0n) is 17.6. The maximum atomic E-state index is 13.2. The molecule has 0 unspecified atom stereocenters. The molecule has 0 amide bonds. The number of nitriles is 1. The van der Waals surface area contributed by atoms with Crippen LogP contribution in [0.15, 0.2) is 41.2 Å². The number of alkyl halides is 3. The van der Waals surface area contributed by atoms with E-state index in [4.69, 9.17) is 11.0 Å². The number of piperidine rings is 1. The number of aliphatic imine (C=N–C) groups is 1. The molecule has 2 aliphatic heterocycles. The van der Waals surface area contributed by atoms with Crippen LogP contribution < -0.4 is 11.2 Å². The average molecular weight is 443 g/mol. The van der Waals surface area contributed by atoms with Crippen LogP contribution in [0.25, 0.3) is 5.70 Å². The molecule has 4 N–H and O–H groups in total. The van der Waals surface area contributed by atoms with Gasteiger partial charge >= 0.3 is 6.18 Å². The van der Waals surface area contributed by atoms with E-state index in [0.717, 1.165) is 41.7 Å². The molecule has 10 heteroatoms. The van der Waals surface area contributed by atoms with Crippen LogP contribution in [0.4, 0.5) is 19.0 Å². The van der Waals surface area contributed by atoms with Crippen LogP contribution in [0.5, 0.6) is 0 Å². The fourth-order valence-corrected chi connectivity index (χ4v) is 4.30. The van der Waals surface area contributed by atoms with Gasteiger partial charge in [-0.2, -0.15) is 18.4 Å². The van der Waals surface area contributed by atoms with Crippen LogP contribution in [-0.4, -0.2) is 41.4 Å². The number of halogens is 3. The Labute approximate surface area is 184 Å². The smallest absolute Gasteiger partial charge is 0.400 e. The van der Waals surface area contributed by atoms with Crippen molar-refractivity contribution in [1.29, 1.82) is 5.26 Å². The van der Waals surface area contributed by atoms with Gasteiger partial charge in [-0.1, -0.05) is 6.07 Å². The number of aromatic amines is 1. The Kier molecular flexibility index (Phi) is 5.95. The SMILES string of the molecule is CNN1C=Nc2[nH]ccc2/C1=C(/N)C1CCN(Cc2ccc(C#N)c(C(F)(F)F)c2)CC1. The number of nitrogens with two attached hydrogens (primary N) is 1. The van der Waals surface area contributed by atoms with Gasteiger partial charge in [0.25, 0.3) is 0 Å². The Morgan fingerprint density at radius 3 is 2.72 bits per heavy atom. The predicted octanol–water partition coefficient (Wildman–Crippen LogP) is 3.55. The van der Waals surface area contributed by atoms with Crippen molar-refractivity contribution in [3.8, 4) is 6.07 Å². The maximum Gasteiger partial charge on any atom is 0.417 e. The molecule has 1 fully saturated rings. The number of fused-ring (bicyclic) bond motifs is 1. The third-order valence-corrected chi connectivity index (χ3v) is 5.98. The number of nitrogens with zero attached hydrogens (tertiary/aromatic N) is 4. The van der Waals surface area contributed by atoms with Crippen molar-refractivity contribution in [3.05, 3.63) is 58.4 Å². The second-order valence-electron chi connectivity index (χ2n) is 7.92. The fourth-order valence-electron chi connectivity index (χ4n) is 4.30. The first-order chi connectivity index (χ1) is 15.3. The third-order valence-electron chi connectivity index (χ3n) is 5.98. The topological polar surface area (TPSA) is 96.5 Å². The Hall–Kier alpha value is -3.29. The van der Waals surface area contributed by atoms with Crippen LogP contribution in [0.1, 0.15) is 35.1 Å². The van der Waals surface area contributed by atoms with Gasteiger partial charge in [0.2, 0.25) is 0 Å². The first kappa shape index (κ1) is 21.9. The van der Waals surface area contributed by atoms with E-state index in [0.29, 0.717) is 25.2 Å². The lowest BCUT2D eigenvalue weighted by Gasteiger charge is -2.35. The van der Waals surface area contributed by atoms with Crippen molar-refractivity contribution in [1.82, 2.24) is 20.3 Å². The van der Waals surface area contributed by atoms with E-state index in [-0.39, 0.29) is 11.5 Å².